The largest absolute Gasteiger partial charge is 0.508 e. The van der Waals surface area contributed by atoms with Gasteiger partial charge in [0.15, 0.2) is 0 Å². The minimum atomic E-state index is 0.0818. The van der Waals surface area contributed by atoms with Crippen LogP contribution >= 0.6 is 0 Å². The molecule has 0 radical (unpaired) electrons. The molecule has 2 N–H and O–H groups in total. The average Bonchev–Trinajstić information content (AvgIpc) is 3.25. The Labute approximate surface area is 151 Å². The van der Waals surface area contributed by atoms with Gasteiger partial charge in [-0.2, -0.15) is 0 Å². The molecule has 0 spiro atoms. The molecule has 2 heterocycles. The molecule has 1 saturated heterocycles. The van der Waals surface area contributed by atoms with Crippen molar-refractivity contribution < 1.29 is 9.90 Å². The number of phenolic OH excluding ortho intramolecular Hbond substituents is 1. The van der Waals surface area contributed by atoms with E-state index in [4.69, 9.17) is 0 Å². The predicted octanol–water partition coefficient (Wildman–Crippen LogP) is 3.52. The van der Waals surface area contributed by atoms with E-state index in [0.29, 0.717) is 17.2 Å². The van der Waals surface area contributed by atoms with Crippen molar-refractivity contribution in [1.29, 1.82) is 0 Å². The molecule has 1 amide bonds. The zero-order valence-corrected chi connectivity index (χ0v) is 14.7. The maximum Gasteiger partial charge on any atom is 0.254 e. The van der Waals surface area contributed by atoms with Crippen LogP contribution in [0.5, 0.6) is 5.75 Å². The number of hydrogen-bond acceptors (Lipinski definition) is 3. The monoisotopic (exact) mass is 347 g/mol. The highest BCUT2D eigenvalue weighted by Gasteiger charge is 2.41. The number of nitrogens with zero attached hydrogens (tertiary/aromatic N) is 2. The second-order valence-corrected chi connectivity index (χ2v) is 7.49. The molecular formula is C21H21N3O2. The van der Waals surface area contributed by atoms with Gasteiger partial charge in [-0.1, -0.05) is 6.07 Å². The molecule has 2 aromatic carbocycles. The van der Waals surface area contributed by atoms with Crippen LogP contribution in [-0.2, 0) is 6.42 Å². The van der Waals surface area contributed by atoms with Crippen molar-refractivity contribution in [3.8, 4) is 5.75 Å². The van der Waals surface area contributed by atoms with Crippen LogP contribution in [0.3, 0.4) is 0 Å². The average molecular weight is 347 g/mol. The lowest BCUT2D eigenvalue weighted by atomic mass is 9.88. The zero-order valence-electron chi connectivity index (χ0n) is 14.7. The molecule has 2 atom stereocenters. The third-order valence-corrected chi connectivity index (χ3v) is 5.99. The van der Waals surface area contributed by atoms with Gasteiger partial charge >= 0.3 is 0 Å². The van der Waals surface area contributed by atoms with Crippen molar-refractivity contribution in [1.82, 2.24) is 14.9 Å². The molecule has 5 rings (SSSR count). The fraction of sp³-hybridized carbons (Fsp3) is 0.333. The summed E-state index contributed by atoms with van der Waals surface area (Å²) in [4.78, 5) is 22.6. The van der Waals surface area contributed by atoms with Crippen molar-refractivity contribution in [3.63, 3.8) is 0 Å². The molecule has 26 heavy (non-hydrogen) atoms. The summed E-state index contributed by atoms with van der Waals surface area (Å²) in [5, 5.41) is 10.1. The van der Waals surface area contributed by atoms with Crippen molar-refractivity contribution >= 4 is 16.9 Å². The summed E-state index contributed by atoms with van der Waals surface area (Å²) < 4.78 is 0. The van der Waals surface area contributed by atoms with Crippen LogP contribution in [0.15, 0.2) is 36.7 Å². The number of hydrogen-bond donors (Lipinski definition) is 2. The molecule has 1 aliphatic carbocycles. The first-order valence-corrected chi connectivity index (χ1v) is 9.18. The summed E-state index contributed by atoms with van der Waals surface area (Å²) in [6.07, 6.45) is 4.59. The van der Waals surface area contributed by atoms with Crippen LogP contribution in [0.25, 0.3) is 11.0 Å². The van der Waals surface area contributed by atoms with E-state index < -0.39 is 0 Å². The Morgan fingerprint density at radius 1 is 1.31 bits per heavy atom. The summed E-state index contributed by atoms with van der Waals surface area (Å²) in [7, 11) is 0. The van der Waals surface area contributed by atoms with Gasteiger partial charge in [0.05, 0.1) is 17.4 Å². The SMILES string of the molecule is Cc1cc2c(cc1O)C1CCCN(C(=O)c3ccc4[nH]cnc4c3)C1C2. The van der Waals surface area contributed by atoms with Crippen molar-refractivity contribution in [2.45, 2.75) is 38.1 Å². The third-order valence-electron chi connectivity index (χ3n) is 5.99. The number of likely N-dealkylation sites (tertiary alicyclic amines) is 1. The lowest BCUT2D eigenvalue weighted by Crippen LogP contribution is -2.46. The van der Waals surface area contributed by atoms with Crippen LogP contribution in [0.2, 0.25) is 0 Å². The second-order valence-electron chi connectivity index (χ2n) is 7.49. The highest BCUT2D eigenvalue weighted by Crippen LogP contribution is 2.44. The Hall–Kier alpha value is -2.82. The predicted molar refractivity (Wildman–Crippen MR) is 99.4 cm³/mol. The number of aromatic hydroxyl groups is 1. The number of imidazole rings is 1. The van der Waals surface area contributed by atoms with E-state index in [2.05, 4.69) is 16.0 Å². The first-order valence-electron chi connectivity index (χ1n) is 9.18. The molecule has 2 aliphatic rings. The molecule has 0 saturated carbocycles. The van der Waals surface area contributed by atoms with E-state index in [-0.39, 0.29) is 11.9 Å². The Morgan fingerprint density at radius 2 is 2.19 bits per heavy atom. The molecule has 1 aromatic heterocycles. The van der Waals surface area contributed by atoms with E-state index in [9.17, 15) is 9.90 Å². The normalized spacial score (nSPS) is 21.7. The molecule has 3 aromatic rings. The Bertz CT molecular complexity index is 1020. The van der Waals surface area contributed by atoms with Crippen molar-refractivity contribution in [3.05, 3.63) is 58.9 Å². The summed E-state index contributed by atoms with van der Waals surface area (Å²) in [5.74, 6) is 0.762. The number of phenols is 1. The molecule has 1 fully saturated rings. The summed E-state index contributed by atoms with van der Waals surface area (Å²) >= 11 is 0. The number of aryl methyl sites for hydroxylation is 1. The van der Waals surface area contributed by atoms with Crippen LogP contribution < -0.4 is 0 Å². The molecule has 1 aliphatic heterocycles. The molecule has 5 heteroatoms. The van der Waals surface area contributed by atoms with Gasteiger partial charge in [0.25, 0.3) is 5.91 Å². The molecule has 0 bridgehead atoms. The van der Waals surface area contributed by atoms with E-state index in [1.54, 1.807) is 6.33 Å². The van der Waals surface area contributed by atoms with Gasteiger partial charge in [0, 0.05) is 24.1 Å². The van der Waals surface area contributed by atoms with E-state index >= 15 is 0 Å². The minimum Gasteiger partial charge on any atom is -0.508 e. The molecular weight excluding hydrogens is 326 g/mol. The van der Waals surface area contributed by atoms with Gasteiger partial charge < -0.3 is 15.0 Å². The van der Waals surface area contributed by atoms with Crippen LogP contribution in [0.1, 0.15) is 45.8 Å². The summed E-state index contributed by atoms with van der Waals surface area (Å²) in [5.41, 5.74) is 5.86. The van der Waals surface area contributed by atoms with Crippen LogP contribution in [-0.4, -0.2) is 38.5 Å². The number of rotatable bonds is 1. The number of piperidine rings is 1. The number of nitrogens with one attached hydrogen (secondary N) is 1. The number of benzene rings is 2. The second kappa shape index (κ2) is 5.59. The van der Waals surface area contributed by atoms with E-state index in [1.807, 2.05) is 36.1 Å². The Morgan fingerprint density at radius 3 is 3.08 bits per heavy atom. The van der Waals surface area contributed by atoms with Crippen molar-refractivity contribution in [2.75, 3.05) is 6.54 Å². The molecule has 5 nitrogen and oxygen atoms in total. The maximum absolute atomic E-state index is 13.2. The van der Waals surface area contributed by atoms with Gasteiger partial charge in [-0.05, 0) is 67.1 Å². The van der Waals surface area contributed by atoms with Crippen LogP contribution in [0.4, 0.5) is 0 Å². The Balaban J connectivity index is 1.49. The first-order chi connectivity index (χ1) is 12.6. The zero-order chi connectivity index (χ0) is 17.8. The van der Waals surface area contributed by atoms with Gasteiger partial charge in [0.2, 0.25) is 0 Å². The van der Waals surface area contributed by atoms with Gasteiger partial charge in [0.1, 0.15) is 5.75 Å². The molecule has 2 unspecified atom stereocenters. The molecule has 132 valence electrons. The first kappa shape index (κ1) is 15.4. The number of fused-ring (bicyclic) bond motifs is 4. The Kier molecular flexibility index (Phi) is 3.32. The highest BCUT2D eigenvalue weighted by molar-refractivity contribution is 5.97. The quantitative estimate of drug-likeness (QED) is 0.708. The lowest BCUT2D eigenvalue weighted by Gasteiger charge is -2.38. The number of carbonyl (C=O) groups is 1. The highest BCUT2D eigenvalue weighted by atomic mass is 16.3. The summed E-state index contributed by atoms with van der Waals surface area (Å²) in [6, 6.07) is 9.85. The lowest BCUT2D eigenvalue weighted by molar-refractivity contribution is 0.0595. The van der Waals surface area contributed by atoms with E-state index in [1.165, 1.54) is 11.1 Å². The van der Waals surface area contributed by atoms with Crippen molar-refractivity contribution in [2.24, 2.45) is 0 Å². The van der Waals surface area contributed by atoms with Gasteiger partial charge in [-0.25, -0.2) is 4.98 Å². The number of carbonyl (C=O) groups excluding carboxylic acids is 1. The van der Waals surface area contributed by atoms with Gasteiger partial charge in [-0.15, -0.1) is 0 Å². The number of aromatic amines is 1. The third kappa shape index (κ3) is 2.23. The number of H-pyrrole nitrogens is 1. The van der Waals surface area contributed by atoms with Crippen LogP contribution in [0, 0.1) is 6.92 Å². The maximum atomic E-state index is 13.2. The topological polar surface area (TPSA) is 69.2 Å². The van der Waals surface area contributed by atoms with Gasteiger partial charge in [-0.3, -0.25) is 4.79 Å². The fourth-order valence-corrected chi connectivity index (χ4v) is 4.67. The number of aromatic nitrogens is 2. The standard InChI is InChI=1S/C21H21N3O2/c1-12-7-14-9-19-15(16(14)10-20(12)25)3-2-6-24(19)21(26)13-4-5-17-18(8-13)23-11-22-17/h4-5,7-8,10-11,15,19,25H,2-3,6,9H2,1H3,(H,22,23). The van der Waals surface area contributed by atoms with E-state index in [0.717, 1.165) is 42.4 Å². The fourth-order valence-electron chi connectivity index (χ4n) is 4.67. The smallest absolute Gasteiger partial charge is 0.254 e. The summed E-state index contributed by atoms with van der Waals surface area (Å²) in [6.45, 7) is 2.72. The number of amides is 1. The minimum absolute atomic E-state index is 0.0818.